The summed E-state index contributed by atoms with van der Waals surface area (Å²) in [4.78, 5) is 24.1. The highest BCUT2D eigenvalue weighted by molar-refractivity contribution is 9.10. The average molecular weight is 384 g/mol. The van der Waals surface area contributed by atoms with Crippen LogP contribution in [0.3, 0.4) is 0 Å². The molecular formula is C12H13BrCl2N2O3. The second-order valence-corrected chi connectivity index (χ2v) is 5.64. The minimum atomic E-state index is -1.06. The number of nitrogens with zero attached hydrogens (tertiary/aromatic N) is 1. The fourth-order valence-corrected chi connectivity index (χ4v) is 2.40. The molecular weight excluding hydrogens is 371 g/mol. The molecule has 1 aromatic rings. The fourth-order valence-electron chi connectivity index (χ4n) is 1.58. The van der Waals surface area contributed by atoms with E-state index >= 15 is 0 Å². The SMILES string of the molecule is CCC(C(=O)O)N(C)C(=O)Nc1ccc(Br)c(Cl)c1Cl. The van der Waals surface area contributed by atoms with E-state index in [4.69, 9.17) is 28.3 Å². The van der Waals surface area contributed by atoms with Crippen molar-refractivity contribution in [3.63, 3.8) is 0 Å². The maximum Gasteiger partial charge on any atom is 0.326 e. The van der Waals surface area contributed by atoms with Crippen molar-refractivity contribution in [1.82, 2.24) is 4.90 Å². The molecule has 0 fully saturated rings. The highest BCUT2D eigenvalue weighted by Crippen LogP contribution is 2.35. The first kappa shape index (κ1) is 17.1. The van der Waals surface area contributed by atoms with Gasteiger partial charge in [-0.2, -0.15) is 0 Å². The van der Waals surface area contributed by atoms with E-state index in [1.807, 2.05) is 0 Å². The smallest absolute Gasteiger partial charge is 0.326 e. The number of likely N-dealkylation sites (N-methyl/N-ethyl adjacent to an activating group) is 1. The van der Waals surface area contributed by atoms with Gasteiger partial charge in [-0.25, -0.2) is 9.59 Å². The number of carboxylic acid groups (broad SMARTS) is 1. The molecule has 20 heavy (non-hydrogen) atoms. The van der Waals surface area contributed by atoms with E-state index < -0.39 is 18.0 Å². The summed E-state index contributed by atoms with van der Waals surface area (Å²) in [5.74, 6) is -1.06. The summed E-state index contributed by atoms with van der Waals surface area (Å²) in [7, 11) is 1.41. The van der Waals surface area contributed by atoms with Gasteiger partial charge in [-0.3, -0.25) is 0 Å². The van der Waals surface area contributed by atoms with Gasteiger partial charge in [-0.15, -0.1) is 0 Å². The average Bonchev–Trinajstić information content (AvgIpc) is 2.39. The number of nitrogens with one attached hydrogen (secondary N) is 1. The highest BCUT2D eigenvalue weighted by Gasteiger charge is 2.25. The van der Waals surface area contributed by atoms with Gasteiger partial charge in [0.2, 0.25) is 0 Å². The predicted molar refractivity (Wildman–Crippen MR) is 82.7 cm³/mol. The van der Waals surface area contributed by atoms with Crippen LogP contribution in [0.15, 0.2) is 16.6 Å². The zero-order chi connectivity index (χ0) is 15.4. The summed E-state index contributed by atoms with van der Waals surface area (Å²) < 4.78 is 0.604. The Morgan fingerprint density at radius 1 is 1.40 bits per heavy atom. The van der Waals surface area contributed by atoms with Crippen molar-refractivity contribution in [1.29, 1.82) is 0 Å². The molecule has 0 radical (unpaired) electrons. The molecule has 0 aromatic heterocycles. The van der Waals surface area contributed by atoms with Crippen molar-refractivity contribution < 1.29 is 14.7 Å². The third-order valence-corrected chi connectivity index (χ3v) is 4.51. The first-order valence-corrected chi connectivity index (χ1v) is 7.24. The van der Waals surface area contributed by atoms with Gasteiger partial charge in [0, 0.05) is 11.5 Å². The summed E-state index contributed by atoms with van der Waals surface area (Å²) >= 11 is 15.2. The molecule has 0 heterocycles. The van der Waals surface area contributed by atoms with Gasteiger partial charge in [-0.1, -0.05) is 30.1 Å². The monoisotopic (exact) mass is 382 g/mol. The lowest BCUT2D eigenvalue weighted by atomic mass is 10.2. The number of hydrogen-bond acceptors (Lipinski definition) is 2. The zero-order valence-electron chi connectivity index (χ0n) is 10.8. The van der Waals surface area contributed by atoms with Gasteiger partial charge >= 0.3 is 12.0 Å². The first-order chi connectivity index (χ1) is 9.29. The summed E-state index contributed by atoms with van der Waals surface area (Å²) in [5, 5.41) is 12.0. The highest BCUT2D eigenvalue weighted by atomic mass is 79.9. The number of carbonyl (C=O) groups is 2. The molecule has 8 heteroatoms. The van der Waals surface area contributed by atoms with Gasteiger partial charge < -0.3 is 15.3 Å². The summed E-state index contributed by atoms with van der Waals surface area (Å²) in [5.41, 5.74) is 0.317. The molecule has 0 bridgehead atoms. The van der Waals surface area contributed by atoms with Crippen molar-refractivity contribution in [3.8, 4) is 0 Å². The Balaban J connectivity index is 2.91. The van der Waals surface area contributed by atoms with E-state index in [2.05, 4.69) is 21.2 Å². The van der Waals surface area contributed by atoms with Crippen LogP contribution in [0.4, 0.5) is 10.5 Å². The van der Waals surface area contributed by atoms with Crippen molar-refractivity contribution in [2.75, 3.05) is 12.4 Å². The van der Waals surface area contributed by atoms with Crippen LogP contribution >= 0.6 is 39.1 Å². The number of halogens is 3. The first-order valence-electron chi connectivity index (χ1n) is 5.69. The topological polar surface area (TPSA) is 69.6 Å². The molecule has 1 rings (SSSR count). The third kappa shape index (κ3) is 3.77. The normalized spacial score (nSPS) is 11.8. The second-order valence-electron chi connectivity index (χ2n) is 4.03. The lowest BCUT2D eigenvalue weighted by Crippen LogP contribution is -2.44. The standard InChI is InChI=1S/C12H13BrCl2N2O3/c1-3-8(11(18)19)17(2)12(20)16-7-5-4-6(13)9(14)10(7)15/h4-5,8H,3H2,1-2H3,(H,16,20)(H,18,19). The van der Waals surface area contributed by atoms with Crippen LogP contribution in [0.1, 0.15) is 13.3 Å². The minimum Gasteiger partial charge on any atom is -0.480 e. The van der Waals surface area contributed by atoms with E-state index in [-0.39, 0.29) is 10.0 Å². The molecule has 2 N–H and O–H groups in total. The number of rotatable bonds is 4. The van der Waals surface area contributed by atoms with Crippen LogP contribution in [-0.4, -0.2) is 35.1 Å². The quantitative estimate of drug-likeness (QED) is 0.769. The lowest BCUT2D eigenvalue weighted by molar-refractivity contribution is -0.141. The van der Waals surface area contributed by atoms with Gasteiger partial charge in [0.05, 0.1) is 15.7 Å². The van der Waals surface area contributed by atoms with E-state index in [9.17, 15) is 9.59 Å². The Morgan fingerprint density at radius 3 is 2.50 bits per heavy atom. The number of anilines is 1. The maximum atomic E-state index is 12.0. The third-order valence-electron chi connectivity index (χ3n) is 2.74. The Bertz CT molecular complexity index is 540. The predicted octanol–water partition coefficient (Wildman–Crippen LogP) is 4.08. The molecule has 0 saturated heterocycles. The van der Waals surface area contributed by atoms with Gasteiger partial charge in [-0.05, 0) is 34.5 Å². The Morgan fingerprint density at radius 2 is 2.00 bits per heavy atom. The minimum absolute atomic E-state index is 0.186. The van der Waals surface area contributed by atoms with Crippen LogP contribution in [0.5, 0.6) is 0 Å². The number of hydrogen-bond donors (Lipinski definition) is 2. The van der Waals surface area contributed by atoms with Gasteiger partial charge in [0.1, 0.15) is 6.04 Å². The Hall–Kier alpha value is -0.980. The molecule has 1 aromatic carbocycles. The van der Waals surface area contributed by atoms with Crippen LogP contribution in [-0.2, 0) is 4.79 Å². The second kappa shape index (κ2) is 7.15. The number of urea groups is 1. The van der Waals surface area contributed by atoms with Crippen LogP contribution < -0.4 is 5.32 Å². The molecule has 0 spiro atoms. The van der Waals surface area contributed by atoms with E-state index in [1.165, 1.54) is 7.05 Å². The van der Waals surface area contributed by atoms with E-state index in [1.54, 1.807) is 19.1 Å². The number of carboxylic acids is 1. The van der Waals surface area contributed by atoms with E-state index in [0.29, 0.717) is 16.6 Å². The number of benzene rings is 1. The van der Waals surface area contributed by atoms with E-state index in [0.717, 1.165) is 4.90 Å². The van der Waals surface area contributed by atoms with Crippen LogP contribution in [0.25, 0.3) is 0 Å². The molecule has 0 saturated carbocycles. The van der Waals surface area contributed by atoms with Crippen molar-refractivity contribution in [2.24, 2.45) is 0 Å². The van der Waals surface area contributed by atoms with Crippen molar-refractivity contribution >= 4 is 56.8 Å². The molecule has 0 aliphatic heterocycles. The van der Waals surface area contributed by atoms with Crippen LogP contribution in [0, 0.1) is 0 Å². The fraction of sp³-hybridized carbons (Fsp3) is 0.333. The number of amides is 2. The molecule has 1 atom stereocenters. The summed E-state index contributed by atoms with van der Waals surface area (Å²) in [6, 6.07) is 1.74. The summed E-state index contributed by atoms with van der Waals surface area (Å²) in [6.45, 7) is 1.69. The van der Waals surface area contributed by atoms with Crippen molar-refractivity contribution in [2.45, 2.75) is 19.4 Å². The van der Waals surface area contributed by atoms with Crippen LogP contribution in [0.2, 0.25) is 10.0 Å². The maximum absolute atomic E-state index is 12.0. The molecule has 0 aliphatic carbocycles. The number of carbonyl (C=O) groups excluding carboxylic acids is 1. The largest absolute Gasteiger partial charge is 0.480 e. The lowest BCUT2D eigenvalue weighted by Gasteiger charge is -2.24. The summed E-state index contributed by atoms with van der Waals surface area (Å²) in [6.07, 6.45) is 0.300. The molecule has 2 amide bonds. The van der Waals surface area contributed by atoms with Crippen molar-refractivity contribution in [3.05, 3.63) is 26.7 Å². The van der Waals surface area contributed by atoms with Gasteiger partial charge in [0.15, 0.2) is 0 Å². The Kier molecular flexibility index (Phi) is 6.10. The molecule has 5 nitrogen and oxygen atoms in total. The molecule has 1 unspecified atom stereocenters. The molecule has 0 aliphatic rings. The Labute approximate surface area is 135 Å². The molecule has 110 valence electrons. The zero-order valence-corrected chi connectivity index (χ0v) is 13.9. The van der Waals surface area contributed by atoms with Gasteiger partial charge in [0.25, 0.3) is 0 Å². The number of aliphatic carboxylic acids is 1.